The summed E-state index contributed by atoms with van der Waals surface area (Å²) in [7, 11) is 0. The number of thiazole rings is 1. The van der Waals surface area contributed by atoms with E-state index in [0.717, 1.165) is 16.5 Å². The second-order valence-electron chi connectivity index (χ2n) is 1.72. The summed E-state index contributed by atoms with van der Waals surface area (Å²) in [4.78, 5) is 4.18. The fourth-order valence-corrected chi connectivity index (χ4v) is 1.76. The van der Waals surface area contributed by atoms with Crippen molar-refractivity contribution >= 4 is 23.1 Å². The summed E-state index contributed by atoms with van der Waals surface area (Å²) in [5.74, 6) is 3.46. The summed E-state index contributed by atoms with van der Waals surface area (Å²) in [6.07, 6.45) is 7.20. The van der Waals surface area contributed by atoms with Gasteiger partial charge in [-0.25, -0.2) is 4.98 Å². The summed E-state index contributed by atoms with van der Waals surface area (Å²) in [6, 6.07) is 0. The maximum atomic E-state index is 5.15. The minimum Gasteiger partial charge on any atom is -0.232 e. The molecule has 1 aromatic rings. The molecule has 10 heavy (non-hydrogen) atoms. The molecule has 0 radical (unpaired) electrons. The molecule has 0 aliphatic rings. The zero-order valence-corrected chi connectivity index (χ0v) is 7.26. The maximum Gasteiger partial charge on any atom is 0.166 e. The molecule has 1 rings (SSSR count). The summed E-state index contributed by atoms with van der Waals surface area (Å²) in [6.45, 7) is 0. The Balaban J connectivity index is 2.71. The summed E-state index contributed by atoms with van der Waals surface area (Å²) < 4.78 is 0. The molecule has 0 aliphatic carbocycles. The summed E-state index contributed by atoms with van der Waals surface area (Å²) in [5.41, 5.74) is 1.09. The number of rotatable bonds is 2. The molecule has 3 heteroatoms. The van der Waals surface area contributed by atoms with Crippen LogP contribution in [0, 0.1) is 12.3 Å². The highest BCUT2D eigenvalue weighted by molar-refractivity contribution is 7.97. The number of hydrogen-bond acceptors (Lipinski definition) is 3. The fraction of sp³-hybridized carbons (Fsp3) is 0.286. The fourth-order valence-electron chi connectivity index (χ4n) is 0.587. The van der Waals surface area contributed by atoms with Crippen LogP contribution in [0.3, 0.4) is 0 Å². The molecule has 1 aromatic heterocycles. The lowest BCUT2D eigenvalue weighted by Gasteiger charge is -1.85. The Morgan fingerprint density at radius 3 is 3.20 bits per heavy atom. The lowest BCUT2D eigenvalue weighted by atomic mass is 10.6. The van der Waals surface area contributed by atoms with Crippen LogP contribution in [0.1, 0.15) is 10.7 Å². The van der Waals surface area contributed by atoms with Crippen molar-refractivity contribution in [3.8, 4) is 12.3 Å². The second kappa shape index (κ2) is 3.65. The minimum atomic E-state index is 0.782. The van der Waals surface area contributed by atoms with Crippen LogP contribution >= 0.6 is 23.1 Å². The first-order valence-corrected chi connectivity index (χ1v) is 5.04. The summed E-state index contributed by atoms with van der Waals surface area (Å²) >= 11 is 3.28. The van der Waals surface area contributed by atoms with Gasteiger partial charge in [-0.05, 0) is 12.2 Å². The zero-order chi connectivity index (χ0) is 7.40. The van der Waals surface area contributed by atoms with E-state index < -0.39 is 0 Å². The Morgan fingerprint density at radius 2 is 2.70 bits per heavy atom. The van der Waals surface area contributed by atoms with Gasteiger partial charge in [-0.1, -0.05) is 0 Å². The quantitative estimate of drug-likeness (QED) is 0.628. The Bertz CT molecular complexity index is 246. The van der Waals surface area contributed by atoms with Gasteiger partial charge >= 0.3 is 0 Å². The third-order valence-electron chi connectivity index (χ3n) is 0.967. The zero-order valence-electron chi connectivity index (χ0n) is 5.63. The van der Waals surface area contributed by atoms with Crippen LogP contribution in [0.15, 0.2) is 5.38 Å². The van der Waals surface area contributed by atoms with Crippen molar-refractivity contribution in [3.63, 3.8) is 0 Å². The van der Waals surface area contributed by atoms with E-state index in [-0.39, 0.29) is 0 Å². The van der Waals surface area contributed by atoms with Gasteiger partial charge in [0, 0.05) is 11.1 Å². The maximum absolute atomic E-state index is 5.15. The smallest absolute Gasteiger partial charge is 0.166 e. The van der Waals surface area contributed by atoms with E-state index in [1.807, 2.05) is 5.38 Å². The normalized spacial score (nSPS) is 9.20. The van der Waals surface area contributed by atoms with Gasteiger partial charge in [0.25, 0.3) is 0 Å². The first-order chi connectivity index (χ1) is 4.86. The molecule has 52 valence electrons. The minimum absolute atomic E-state index is 0.782. The third kappa shape index (κ3) is 1.76. The van der Waals surface area contributed by atoms with Crippen molar-refractivity contribution in [1.82, 2.24) is 4.98 Å². The van der Waals surface area contributed by atoms with Crippen LogP contribution in [-0.2, 0) is 5.75 Å². The average molecular weight is 169 g/mol. The molecule has 0 N–H and O–H groups in total. The molecule has 0 unspecified atom stereocenters. The molecule has 0 fully saturated rings. The van der Waals surface area contributed by atoms with Crippen molar-refractivity contribution in [1.29, 1.82) is 0 Å². The molecular weight excluding hydrogens is 162 g/mol. The van der Waals surface area contributed by atoms with E-state index >= 15 is 0 Å². The molecule has 0 aliphatic heterocycles. The van der Waals surface area contributed by atoms with Crippen molar-refractivity contribution in [3.05, 3.63) is 16.1 Å². The van der Waals surface area contributed by atoms with Gasteiger partial charge in [0.15, 0.2) is 5.01 Å². The highest BCUT2D eigenvalue weighted by Gasteiger charge is 1.96. The summed E-state index contributed by atoms with van der Waals surface area (Å²) in [5, 5.41) is 2.79. The highest BCUT2D eigenvalue weighted by Crippen LogP contribution is 2.12. The number of terminal acetylenes is 1. The average Bonchev–Trinajstić information content (AvgIpc) is 2.37. The Morgan fingerprint density at radius 1 is 1.90 bits per heavy atom. The van der Waals surface area contributed by atoms with E-state index in [9.17, 15) is 0 Å². The monoisotopic (exact) mass is 169 g/mol. The van der Waals surface area contributed by atoms with Gasteiger partial charge in [0.05, 0.1) is 5.69 Å². The van der Waals surface area contributed by atoms with Crippen LogP contribution in [0.2, 0.25) is 0 Å². The number of nitrogens with zero attached hydrogens (tertiary/aromatic N) is 1. The molecule has 1 heterocycles. The van der Waals surface area contributed by atoms with E-state index in [1.165, 1.54) is 11.3 Å². The lowest BCUT2D eigenvalue weighted by molar-refractivity contribution is 1.22. The Kier molecular flexibility index (Phi) is 2.79. The number of aromatic nitrogens is 1. The number of thioether (sulfide) groups is 1. The standard InChI is InChI=1S/C7H7NS2/c1-3-7-8-6(4-9-2)5-10-7/h1,5H,4H2,2H3. The van der Waals surface area contributed by atoms with Gasteiger partial charge in [-0.15, -0.1) is 17.8 Å². The molecular formula is C7H7NS2. The van der Waals surface area contributed by atoms with E-state index in [4.69, 9.17) is 6.42 Å². The van der Waals surface area contributed by atoms with Crippen LogP contribution in [0.5, 0.6) is 0 Å². The van der Waals surface area contributed by atoms with Gasteiger partial charge < -0.3 is 0 Å². The first kappa shape index (κ1) is 7.64. The molecule has 0 saturated carbocycles. The topological polar surface area (TPSA) is 12.9 Å². The highest BCUT2D eigenvalue weighted by atomic mass is 32.2. The van der Waals surface area contributed by atoms with Gasteiger partial charge in [0.2, 0.25) is 0 Å². The second-order valence-corrected chi connectivity index (χ2v) is 3.45. The van der Waals surface area contributed by atoms with E-state index in [1.54, 1.807) is 11.8 Å². The van der Waals surface area contributed by atoms with Crippen molar-refractivity contribution in [2.75, 3.05) is 6.26 Å². The van der Waals surface area contributed by atoms with E-state index in [0.29, 0.717) is 0 Å². The van der Waals surface area contributed by atoms with Crippen LogP contribution in [0.25, 0.3) is 0 Å². The predicted octanol–water partition coefficient (Wildman–Crippen LogP) is 1.99. The third-order valence-corrected chi connectivity index (χ3v) is 2.37. The molecule has 1 nitrogen and oxygen atoms in total. The van der Waals surface area contributed by atoms with Crippen LogP contribution in [0.4, 0.5) is 0 Å². The Labute approximate surface area is 68.9 Å². The van der Waals surface area contributed by atoms with Crippen molar-refractivity contribution in [2.45, 2.75) is 5.75 Å². The van der Waals surface area contributed by atoms with Crippen LogP contribution in [-0.4, -0.2) is 11.2 Å². The Hall–Kier alpha value is -0.460. The number of hydrogen-bond donors (Lipinski definition) is 0. The molecule has 0 atom stereocenters. The largest absolute Gasteiger partial charge is 0.232 e. The van der Waals surface area contributed by atoms with Gasteiger partial charge in [-0.2, -0.15) is 11.8 Å². The van der Waals surface area contributed by atoms with Crippen molar-refractivity contribution in [2.24, 2.45) is 0 Å². The van der Waals surface area contributed by atoms with Gasteiger partial charge in [0.1, 0.15) is 0 Å². The van der Waals surface area contributed by atoms with E-state index in [2.05, 4.69) is 17.2 Å². The van der Waals surface area contributed by atoms with Gasteiger partial charge in [-0.3, -0.25) is 0 Å². The molecule has 0 bridgehead atoms. The first-order valence-electron chi connectivity index (χ1n) is 2.76. The molecule has 0 saturated heterocycles. The van der Waals surface area contributed by atoms with Crippen LogP contribution < -0.4 is 0 Å². The predicted molar refractivity (Wildman–Crippen MR) is 47.3 cm³/mol. The van der Waals surface area contributed by atoms with Crippen molar-refractivity contribution < 1.29 is 0 Å². The molecule has 0 amide bonds. The molecule has 0 aromatic carbocycles. The SMILES string of the molecule is C#Cc1nc(CSC)cs1. The molecule has 0 spiro atoms. The lowest BCUT2D eigenvalue weighted by Crippen LogP contribution is -1.78.